The lowest BCUT2D eigenvalue weighted by atomic mass is 9.81. The van der Waals surface area contributed by atoms with Gasteiger partial charge < -0.3 is 23.7 Å². The van der Waals surface area contributed by atoms with Crippen LogP contribution in [0, 0.1) is 5.92 Å². The smallest absolute Gasteiger partial charge is 0.264 e. The molecule has 2 aromatic carbocycles. The summed E-state index contributed by atoms with van der Waals surface area (Å²) >= 11 is 0. The van der Waals surface area contributed by atoms with Crippen molar-refractivity contribution in [3.05, 3.63) is 70.5 Å². The van der Waals surface area contributed by atoms with Crippen molar-refractivity contribution in [2.75, 3.05) is 46.3 Å². The van der Waals surface area contributed by atoms with Crippen LogP contribution >= 0.6 is 0 Å². The normalized spacial score (nSPS) is 18.0. The minimum atomic E-state index is -3.82. The molecule has 1 saturated heterocycles. The maximum atomic E-state index is 14.3. The van der Waals surface area contributed by atoms with Gasteiger partial charge in [-0.1, -0.05) is 39.2 Å². The lowest BCUT2D eigenvalue weighted by Crippen LogP contribution is -2.47. The second kappa shape index (κ2) is 15.1. The number of hydrogen-bond acceptors (Lipinski definition) is 8. The Labute approximate surface area is 311 Å². The quantitative estimate of drug-likeness (QED) is 0.214. The monoisotopic (exact) mass is 743 g/mol. The number of nitrogens with zero attached hydrogens (tertiary/aromatic N) is 4. The number of nitrogens with one attached hydrogen (secondary N) is 1. The van der Waals surface area contributed by atoms with Crippen LogP contribution in [0.3, 0.4) is 0 Å². The highest BCUT2D eigenvalue weighted by atomic mass is 32.2. The molecule has 3 aliphatic rings. The number of morpholine rings is 1. The van der Waals surface area contributed by atoms with E-state index in [1.165, 1.54) is 12.0 Å². The average molecular weight is 744 g/mol. The predicted molar refractivity (Wildman–Crippen MR) is 204 cm³/mol. The van der Waals surface area contributed by atoms with Gasteiger partial charge in [0.15, 0.2) is 0 Å². The lowest BCUT2D eigenvalue weighted by molar-refractivity contribution is -0.0531. The molecule has 0 spiro atoms. The number of ether oxygens (including phenoxy) is 3. The summed E-state index contributed by atoms with van der Waals surface area (Å²) in [6, 6.07) is 11.6. The third-order valence-corrected chi connectivity index (χ3v) is 12.2. The van der Waals surface area contributed by atoms with E-state index in [9.17, 15) is 18.0 Å². The van der Waals surface area contributed by atoms with Gasteiger partial charge in [-0.2, -0.15) is 5.10 Å². The van der Waals surface area contributed by atoms with E-state index >= 15 is 0 Å². The third-order valence-electron chi connectivity index (χ3n) is 10.6. The summed E-state index contributed by atoms with van der Waals surface area (Å²) in [4.78, 5) is 29.6. The molecule has 1 unspecified atom stereocenters. The summed E-state index contributed by atoms with van der Waals surface area (Å²) in [5, 5.41) is 5.64. The van der Waals surface area contributed by atoms with E-state index in [0.29, 0.717) is 55.8 Å². The van der Waals surface area contributed by atoms with E-state index in [4.69, 9.17) is 14.2 Å². The van der Waals surface area contributed by atoms with Crippen molar-refractivity contribution in [1.82, 2.24) is 24.0 Å². The molecule has 2 aromatic heterocycles. The van der Waals surface area contributed by atoms with Crippen LogP contribution in [0.2, 0.25) is 0 Å². The molecule has 2 fully saturated rings. The summed E-state index contributed by atoms with van der Waals surface area (Å²) in [7, 11) is 1.30. The van der Waals surface area contributed by atoms with Gasteiger partial charge in [0.1, 0.15) is 5.75 Å². The van der Waals surface area contributed by atoms with Gasteiger partial charge in [0.2, 0.25) is 10.0 Å². The molecule has 2 aliphatic heterocycles. The molecule has 7 rings (SSSR count). The summed E-state index contributed by atoms with van der Waals surface area (Å²) < 4.78 is 48.8. The van der Waals surface area contributed by atoms with E-state index in [2.05, 4.69) is 26.5 Å². The first-order chi connectivity index (χ1) is 25.5. The molecule has 1 atom stereocenters. The molecular formula is C40H49N5O7S. The Hall–Kier alpha value is -4.46. The van der Waals surface area contributed by atoms with Crippen LogP contribution in [0.4, 0.5) is 0 Å². The number of methoxy groups -OCH3 is 2. The van der Waals surface area contributed by atoms with Gasteiger partial charge in [-0.25, -0.2) is 13.1 Å². The minimum Gasteiger partial charge on any atom is -0.497 e. The number of fused-ring (bicyclic) bond motifs is 5. The number of aryl methyl sites for hydroxylation is 1. The van der Waals surface area contributed by atoms with Gasteiger partial charge in [-0.15, -0.1) is 0 Å². The Morgan fingerprint density at radius 2 is 1.85 bits per heavy atom. The van der Waals surface area contributed by atoms with Gasteiger partial charge in [0.05, 0.1) is 61.9 Å². The first-order valence-electron chi connectivity index (χ1n) is 18.5. The molecule has 12 nitrogen and oxygen atoms in total. The molecule has 0 bridgehead atoms. The fourth-order valence-electron chi connectivity index (χ4n) is 8.34. The summed E-state index contributed by atoms with van der Waals surface area (Å²) in [5.41, 5.74) is 7.41. The molecule has 0 radical (unpaired) electrons. The highest BCUT2D eigenvalue weighted by Gasteiger charge is 2.33. The second-order valence-corrected chi connectivity index (χ2v) is 16.6. The second-order valence-electron chi connectivity index (χ2n) is 14.9. The Bertz CT molecular complexity index is 2180. The highest BCUT2D eigenvalue weighted by Crippen LogP contribution is 2.48. The van der Waals surface area contributed by atoms with Crippen molar-refractivity contribution >= 4 is 44.4 Å². The fraction of sp³-hybridized carbons (Fsp3) is 0.475. The van der Waals surface area contributed by atoms with Crippen LogP contribution in [0.5, 0.6) is 5.75 Å². The highest BCUT2D eigenvalue weighted by molar-refractivity contribution is 7.90. The maximum absolute atomic E-state index is 14.3. The van der Waals surface area contributed by atoms with Crippen molar-refractivity contribution < 1.29 is 32.2 Å². The van der Waals surface area contributed by atoms with Gasteiger partial charge >= 0.3 is 0 Å². The number of rotatable bonds is 10. The molecule has 1 saturated carbocycles. The molecule has 4 aromatic rings. The Morgan fingerprint density at radius 1 is 1.06 bits per heavy atom. The predicted octanol–water partition coefficient (Wildman–Crippen LogP) is 5.86. The first-order valence-corrected chi connectivity index (χ1v) is 20.1. The van der Waals surface area contributed by atoms with Crippen molar-refractivity contribution in [2.45, 2.75) is 64.5 Å². The molecule has 13 heteroatoms. The summed E-state index contributed by atoms with van der Waals surface area (Å²) in [6.45, 7) is 5.67. The summed E-state index contributed by atoms with van der Waals surface area (Å²) in [5.74, 6) is -0.0525. The lowest BCUT2D eigenvalue weighted by Gasteiger charge is -2.32. The minimum absolute atomic E-state index is 0.129. The zero-order chi connectivity index (χ0) is 37.4. The van der Waals surface area contributed by atoms with Gasteiger partial charge in [-0.3, -0.25) is 14.3 Å². The van der Waals surface area contributed by atoms with Crippen LogP contribution in [0.25, 0.3) is 33.8 Å². The Balaban J connectivity index is 1.40. The average Bonchev–Trinajstić information content (AvgIpc) is 3.62. The van der Waals surface area contributed by atoms with Gasteiger partial charge in [0.25, 0.3) is 11.8 Å². The van der Waals surface area contributed by atoms with Gasteiger partial charge in [0, 0.05) is 49.3 Å². The van der Waals surface area contributed by atoms with Crippen LogP contribution in [0.1, 0.15) is 89.4 Å². The number of amides is 2. The molecule has 1 aliphatic carbocycles. The van der Waals surface area contributed by atoms with Crippen molar-refractivity contribution in [3.63, 3.8) is 0 Å². The van der Waals surface area contributed by atoms with E-state index in [1.807, 2.05) is 31.3 Å². The van der Waals surface area contributed by atoms with E-state index in [-0.39, 0.29) is 29.2 Å². The maximum Gasteiger partial charge on any atom is 0.264 e. The van der Waals surface area contributed by atoms with Crippen molar-refractivity contribution in [2.24, 2.45) is 13.0 Å². The van der Waals surface area contributed by atoms with Crippen LogP contribution < -0.4 is 9.46 Å². The van der Waals surface area contributed by atoms with E-state index in [1.54, 1.807) is 49.9 Å². The van der Waals surface area contributed by atoms with Crippen molar-refractivity contribution in [3.8, 4) is 17.0 Å². The number of sulfonamides is 1. The SMILES string of the molecule is COCC1CN(C(=O)c2cnn(C)c2C2=Cc3cc(OC)ccc3-c3c(C4CCCCC4)c4ccc(C(=O)NS(=O)(=O)CC(C)C)cc4n3C2)CCO1. The largest absolute Gasteiger partial charge is 0.497 e. The zero-order valence-electron chi connectivity index (χ0n) is 31.2. The zero-order valence-corrected chi connectivity index (χ0v) is 32.0. The van der Waals surface area contributed by atoms with Crippen LogP contribution in [-0.4, -0.2) is 91.9 Å². The number of carbonyl (C=O) groups excluding carboxylic acids is 2. The number of hydrogen-bond donors (Lipinski definition) is 1. The van der Waals surface area contributed by atoms with E-state index in [0.717, 1.165) is 59.0 Å². The van der Waals surface area contributed by atoms with Crippen molar-refractivity contribution in [1.29, 1.82) is 0 Å². The molecule has 282 valence electrons. The number of allylic oxidation sites excluding steroid dienone is 1. The molecule has 4 heterocycles. The Kier molecular flexibility index (Phi) is 10.5. The number of benzene rings is 2. The molecule has 53 heavy (non-hydrogen) atoms. The third kappa shape index (κ3) is 7.39. The Morgan fingerprint density at radius 3 is 2.58 bits per heavy atom. The fourth-order valence-corrected chi connectivity index (χ4v) is 9.70. The molecular weight excluding hydrogens is 695 g/mol. The number of aromatic nitrogens is 3. The van der Waals surface area contributed by atoms with E-state index < -0.39 is 15.9 Å². The standard InChI is InChI=1S/C40H49N5O7S/c1-25(2)24-53(48,49)42-39(46)27-11-13-33-35(19-27)45-21-29(37-34(20-41-43(37)3)40(47)44-15-16-52-31(22-44)23-50-4)17-28-18-30(51-5)12-14-32(28)38(45)36(33)26-9-7-6-8-10-26/h11-14,17-20,25-26,31H,6-10,15-16,21-24H2,1-5H3,(H,42,46). The topological polar surface area (TPSA) is 134 Å². The number of carbonyl (C=O) groups is 2. The van der Waals surface area contributed by atoms with Gasteiger partial charge in [-0.05, 0) is 77.8 Å². The summed E-state index contributed by atoms with van der Waals surface area (Å²) in [6.07, 6.45) is 9.12. The van der Waals surface area contributed by atoms with Crippen LogP contribution in [0.15, 0.2) is 42.6 Å². The first kappa shape index (κ1) is 36.9. The van der Waals surface area contributed by atoms with Crippen LogP contribution in [-0.2, 0) is 33.1 Å². The molecule has 2 amide bonds. The molecule has 1 N–H and O–H groups in total.